The van der Waals surface area contributed by atoms with Gasteiger partial charge in [0.1, 0.15) is 0 Å². The third kappa shape index (κ3) is 2.28. The lowest BCUT2D eigenvalue weighted by Gasteiger charge is -2.02. The molecule has 3 nitrogen and oxygen atoms in total. The maximum absolute atomic E-state index is 10.4. The van der Waals surface area contributed by atoms with Crippen LogP contribution in [-0.4, -0.2) is 16.1 Å². The number of pyridine rings is 1. The van der Waals surface area contributed by atoms with Gasteiger partial charge in [-0.05, 0) is 37.4 Å². The predicted octanol–water partition coefficient (Wildman–Crippen LogP) is 2.23. The summed E-state index contributed by atoms with van der Waals surface area (Å²) in [5.41, 5.74) is 0.706. The number of aliphatic carboxylic acids is 1. The summed E-state index contributed by atoms with van der Waals surface area (Å²) in [5.74, 6) is -0.859. The fourth-order valence-corrected chi connectivity index (χ4v) is 1.97. The van der Waals surface area contributed by atoms with Gasteiger partial charge in [0.2, 0.25) is 0 Å². The first kappa shape index (κ1) is 9.67. The molecule has 0 aliphatic heterocycles. The van der Waals surface area contributed by atoms with Crippen molar-refractivity contribution in [1.82, 2.24) is 4.98 Å². The maximum atomic E-state index is 10.4. The normalized spacial score (nSPS) is 9.83. The van der Waals surface area contributed by atoms with E-state index in [2.05, 4.69) is 36.8 Å². The van der Waals surface area contributed by atoms with Crippen molar-refractivity contribution >= 4 is 37.8 Å². The van der Waals surface area contributed by atoms with Crippen molar-refractivity contribution in [3.05, 3.63) is 26.9 Å². The van der Waals surface area contributed by atoms with Crippen molar-refractivity contribution in [2.75, 3.05) is 0 Å². The number of nitrogens with zero attached hydrogens (tertiary/aromatic N) is 1. The van der Waals surface area contributed by atoms with Crippen molar-refractivity contribution in [1.29, 1.82) is 0 Å². The van der Waals surface area contributed by atoms with Gasteiger partial charge in [0.05, 0.1) is 6.42 Å². The summed E-state index contributed by atoms with van der Waals surface area (Å²) in [6.07, 6.45) is 3.13. The molecule has 0 atom stereocenters. The van der Waals surface area contributed by atoms with Crippen molar-refractivity contribution < 1.29 is 9.90 Å². The Kier molecular flexibility index (Phi) is 3.22. The van der Waals surface area contributed by atoms with Gasteiger partial charge in [0.15, 0.2) is 0 Å². The molecule has 0 unspecified atom stereocenters. The number of hydrogen-bond acceptors (Lipinski definition) is 2. The maximum Gasteiger partial charge on any atom is 0.307 e. The fraction of sp³-hybridized carbons (Fsp3) is 0.143. The molecule has 0 aromatic carbocycles. The van der Waals surface area contributed by atoms with Gasteiger partial charge in [0.25, 0.3) is 0 Å². The number of hydrogen-bond donors (Lipinski definition) is 1. The average Bonchev–Trinajstić information content (AvgIpc) is 1.97. The van der Waals surface area contributed by atoms with Gasteiger partial charge in [-0.2, -0.15) is 0 Å². The summed E-state index contributed by atoms with van der Waals surface area (Å²) in [7, 11) is 0. The van der Waals surface area contributed by atoms with Crippen molar-refractivity contribution in [2.24, 2.45) is 0 Å². The molecule has 0 aliphatic carbocycles. The second kappa shape index (κ2) is 4.00. The lowest BCUT2D eigenvalue weighted by atomic mass is 10.2. The minimum absolute atomic E-state index is 0.0102. The third-order valence-corrected chi connectivity index (χ3v) is 2.65. The zero-order valence-corrected chi connectivity index (χ0v) is 9.09. The summed E-state index contributed by atoms with van der Waals surface area (Å²) in [6.45, 7) is 0. The highest BCUT2D eigenvalue weighted by Crippen LogP contribution is 2.23. The number of carboxylic acids is 1. The van der Waals surface area contributed by atoms with E-state index >= 15 is 0 Å². The highest BCUT2D eigenvalue weighted by Gasteiger charge is 2.08. The molecular formula is C7H5Br2NO2. The van der Waals surface area contributed by atoms with Crippen LogP contribution >= 0.6 is 31.9 Å². The molecule has 0 spiro atoms. The SMILES string of the molecule is O=C(O)Cc1c(Br)cncc1Br. The molecule has 12 heavy (non-hydrogen) atoms. The molecule has 1 rings (SSSR count). The van der Waals surface area contributed by atoms with Crippen LogP contribution in [0.25, 0.3) is 0 Å². The van der Waals surface area contributed by atoms with Gasteiger partial charge in [-0.25, -0.2) is 0 Å². The first-order chi connectivity index (χ1) is 5.61. The highest BCUT2D eigenvalue weighted by molar-refractivity contribution is 9.11. The topological polar surface area (TPSA) is 50.2 Å². The summed E-state index contributed by atoms with van der Waals surface area (Å²) >= 11 is 6.44. The van der Waals surface area contributed by atoms with Crippen molar-refractivity contribution in [2.45, 2.75) is 6.42 Å². The Hall–Kier alpha value is -0.420. The zero-order chi connectivity index (χ0) is 9.14. The first-order valence-corrected chi connectivity index (χ1v) is 4.69. The quantitative estimate of drug-likeness (QED) is 0.910. The molecule has 0 radical (unpaired) electrons. The van der Waals surface area contributed by atoms with Crippen LogP contribution in [0.1, 0.15) is 5.56 Å². The summed E-state index contributed by atoms with van der Waals surface area (Å²) < 4.78 is 1.42. The first-order valence-electron chi connectivity index (χ1n) is 3.11. The van der Waals surface area contributed by atoms with Crippen LogP contribution in [0.5, 0.6) is 0 Å². The van der Waals surface area contributed by atoms with Crippen molar-refractivity contribution in [3.63, 3.8) is 0 Å². The molecule has 1 aromatic rings. The highest BCUT2D eigenvalue weighted by atomic mass is 79.9. The van der Waals surface area contributed by atoms with Gasteiger partial charge < -0.3 is 5.11 Å². The summed E-state index contributed by atoms with van der Waals surface area (Å²) in [4.78, 5) is 14.3. The Morgan fingerprint density at radius 2 is 1.92 bits per heavy atom. The molecule has 1 N–H and O–H groups in total. The number of aromatic nitrogens is 1. The predicted molar refractivity (Wildman–Crippen MR) is 51.0 cm³/mol. The standard InChI is InChI=1S/C7H5Br2NO2/c8-5-2-10-3-6(9)4(5)1-7(11)12/h2-3H,1H2,(H,11,12). The molecule has 1 aromatic heterocycles. The molecule has 5 heteroatoms. The van der Waals surface area contributed by atoms with Gasteiger partial charge in [-0.3, -0.25) is 9.78 Å². The van der Waals surface area contributed by atoms with E-state index in [1.807, 2.05) is 0 Å². The van der Waals surface area contributed by atoms with Gasteiger partial charge in [-0.15, -0.1) is 0 Å². The second-order valence-corrected chi connectivity index (χ2v) is 3.86. The molecule has 64 valence electrons. The van der Waals surface area contributed by atoms with E-state index < -0.39 is 5.97 Å². The van der Waals surface area contributed by atoms with E-state index in [4.69, 9.17) is 5.11 Å². The Balaban J connectivity index is 3.04. The molecule has 0 amide bonds. The van der Waals surface area contributed by atoms with E-state index in [0.717, 1.165) is 0 Å². The lowest BCUT2D eigenvalue weighted by Crippen LogP contribution is -2.01. The molecule has 0 aliphatic rings. The molecular weight excluding hydrogens is 290 g/mol. The molecule has 0 saturated heterocycles. The number of rotatable bonds is 2. The number of carbonyl (C=O) groups is 1. The third-order valence-electron chi connectivity index (χ3n) is 1.28. The minimum atomic E-state index is -0.859. The second-order valence-electron chi connectivity index (χ2n) is 2.15. The van der Waals surface area contributed by atoms with E-state index in [9.17, 15) is 4.79 Å². The van der Waals surface area contributed by atoms with Crippen LogP contribution in [0.4, 0.5) is 0 Å². The van der Waals surface area contributed by atoms with Crippen LogP contribution in [0.2, 0.25) is 0 Å². The summed E-state index contributed by atoms with van der Waals surface area (Å²) in [5, 5.41) is 8.55. The molecule has 1 heterocycles. The van der Waals surface area contributed by atoms with Gasteiger partial charge in [0, 0.05) is 21.3 Å². The minimum Gasteiger partial charge on any atom is -0.481 e. The van der Waals surface area contributed by atoms with Gasteiger partial charge >= 0.3 is 5.97 Å². The molecule has 0 saturated carbocycles. The molecule has 0 fully saturated rings. The Bertz CT molecular complexity index is 294. The van der Waals surface area contributed by atoms with Crippen LogP contribution in [0, 0.1) is 0 Å². The largest absolute Gasteiger partial charge is 0.481 e. The monoisotopic (exact) mass is 293 g/mol. The lowest BCUT2D eigenvalue weighted by molar-refractivity contribution is -0.136. The van der Waals surface area contributed by atoms with Crippen LogP contribution < -0.4 is 0 Å². The van der Waals surface area contributed by atoms with Crippen LogP contribution in [0.3, 0.4) is 0 Å². The smallest absolute Gasteiger partial charge is 0.307 e. The summed E-state index contributed by atoms with van der Waals surface area (Å²) in [6, 6.07) is 0. The van der Waals surface area contributed by atoms with E-state index in [1.165, 1.54) is 0 Å². The van der Waals surface area contributed by atoms with E-state index in [-0.39, 0.29) is 6.42 Å². The van der Waals surface area contributed by atoms with Crippen LogP contribution in [0.15, 0.2) is 21.3 Å². The van der Waals surface area contributed by atoms with E-state index in [1.54, 1.807) is 12.4 Å². The Labute approximate surface area is 86.1 Å². The zero-order valence-electron chi connectivity index (χ0n) is 5.92. The number of carboxylic acid groups (broad SMARTS) is 1. The van der Waals surface area contributed by atoms with E-state index in [0.29, 0.717) is 14.5 Å². The molecule has 0 bridgehead atoms. The van der Waals surface area contributed by atoms with Crippen LogP contribution in [-0.2, 0) is 11.2 Å². The Morgan fingerprint density at radius 1 is 1.42 bits per heavy atom. The Morgan fingerprint density at radius 3 is 2.33 bits per heavy atom. The van der Waals surface area contributed by atoms with Crippen molar-refractivity contribution in [3.8, 4) is 0 Å². The van der Waals surface area contributed by atoms with Gasteiger partial charge in [-0.1, -0.05) is 0 Å². The average molecular weight is 295 g/mol. The number of halogens is 2. The fourth-order valence-electron chi connectivity index (χ4n) is 0.758.